The lowest BCUT2D eigenvalue weighted by Crippen LogP contribution is -2.31. The van der Waals surface area contributed by atoms with Crippen molar-refractivity contribution >= 4 is 17.2 Å². The number of thiophene rings is 1. The molecule has 9 heteroatoms. The topological polar surface area (TPSA) is 95.0 Å². The van der Waals surface area contributed by atoms with E-state index in [4.69, 9.17) is 4.52 Å². The molecule has 0 radical (unpaired) electrons. The maximum Gasteiger partial charge on any atom is 0.346 e. The van der Waals surface area contributed by atoms with Crippen LogP contribution in [0.2, 0.25) is 0 Å². The summed E-state index contributed by atoms with van der Waals surface area (Å²) in [5, 5.41) is 12.6. The average Bonchev–Trinajstić information content (AvgIpc) is 3.24. The first-order chi connectivity index (χ1) is 11.1. The third-order valence-electron chi connectivity index (χ3n) is 3.25. The van der Waals surface area contributed by atoms with Crippen molar-refractivity contribution in [2.24, 2.45) is 7.05 Å². The quantitative estimate of drug-likeness (QED) is 0.753. The molecule has 0 aliphatic heterocycles. The van der Waals surface area contributed by atoms with Gasteiger partial charge in [-0.2, -0.15) is 0 Å². The van der Waals surface area contributed by atoms with E-state index in [1.807, 2.05) is 17.5 Å². The summed E-state index contributed by atoms with van der Waals surface area (Å²) in [5.74, 6) is 0.837. The minimum absolute atomic E-state index is 0.218. The molecule has 23 heavy (non-hydrogen) atoms. The first kappa shape index (κ1) is 15.2. The molecule has 8 nitrogen and oxygen atoms in total. The summed E-state index contributed by atoms with van der Waals surface area (Å²) in [7, 11) is 1.68. The van der Waals surface area contributed by atoms with Crippen molar-refractivity contribution in [2.45, 2.75) is 13.5 Å². The van der Waals surface area contributed by atoms with Crippen LogP contribution in [0, 0.1) is 6.92 Å². The Morgan fingerprint density at radius 1 is 1.48 bits per heavy atom. The fourth-order valence-electron chi connectivity index (χ4n) is 2.09. The number of aryl methyl sites for hydroxylation is 1. The fourth-order valence-corrected chi connectivity index (χ4v) is 2.84. The highest BCUT2D eigenvalue weighted by Crippen LogP contribution is 2.20. The number of nitrogens with zero attached hydrogens (tertiary/aromatic N) is 4. The number of carbonyl (C=O) groups excluding carboxylic acids is 1. The molecule has 3 aromatic rings. The van der Waals surface area contributed by atoms with Crippen molar-refractivity contribution in [1.29, 1.82) is 0 Å². The second-order valence-corrected chi connectivity index (χ2v) is 5.89. The van der Waals surface area contributed by atoms with Crippen molar-refractivity contribution in [3.63, 3.8) is 0 Å². The second-order valence-electron chi connectivity index (χ2n) is 4.94. The molecule has 3 rings (SSSR count). The van der Waals surface area contributed by atoms with Gasteiger partial charge in [-0.25, -0.2) is 9.48 Å². The van der Waals surface area contributed by atoms with Gasteiger partial charge in [0.05, 0.1) is 11.4 Å². The molecule has 3 aromatic heterocycles. The van der Waals surface area contributed by atoms with Gasteiger partial charge in [0.25, 0.3) is 5.91 Å². The Kier molecular flexibility index (Phi) is 4.11. The van der Waals surface area contributed by atoms with E-state index in [0.717, 1.165) is 4.88 Å². The Morgan fingerprint density at radius 3 is 2.96 bits per heavy atom. The first-order valence-electron chi connectivity index (χ1n) is 6.95. The van der Waals surface area contributed by atoms with E-state index in [1.165, 1.54) is 20.6 Å². The molecule has 0 aliphatic carbocycles. The maximum atomic E-state index is 12.2. The normalized spacial score (nSPS) is 10.9. The lowest BCUT2D eigenvalue weighted by Gasteiger charge is -2.01. The Balaban J connectivity index is 1.66. The van der Waals surface area contributed by atoms with Gasteiger partial charge in [0.1, 0.15) is 5.76 Å². The van der Waals surface area contributed by atoms with Crippen LogP contribution in [0.1, 0.15) is 16.2 Å². The zero-order chi connectivity index (χ0) is 16.4. The average molecular weight is 333 g/mol. The minimum atomic E-state index is -0.343. The van der Waals surface area contributed by atoms with E-state index >= 15 is 0 Å². The Bertz CT molecular complexity index is 875. The van der Waals surface area contributed by atoms with E-state index in [9.17, 15) is 9.59 Å². The molecule has 0 aromatic carbocycles. The van der Waals surface area contributed by atoms with Crippen molar-refractivity contribution in [3.05, 3.63) is 45.5 Å². The number of hydrogen-bond donors (Lipinski definition) is 1. The van der Waals surface area contributed by atoms with Crippen molar-refractivity contribution in [2.75, 3.05) is 6.54 Å². The Morgan fingerprint density at radius 2 is 2.30 bits per heavy atom. The molecule has 0 saturated heterocycles. The van der Waals surface area contributed by atoms with Crippen LogP contribution in [0.15, 0.2) is 32.9 Å². The van der Waals surface area contributed by atoms with E-state index in [1.54, 1.807) is 20.0 Å². The van der Waals surface area contributed by atoms with Crippen molar-refractivity contribution in [3.8, 4) is 10.7 Å². The molecule has 0 spiro atoms. The molecule has 0 unspecified atom stereocenters. The van der Waals surface area contributed by atoms with Gasteiger partial charge < -0.3 is 9.84 Å². The van der Waals surface area contributed by atoms with Crippen LogP contribution in [0.4, 0.5) is 0 Å². The summed E-state index contributed by atoms with van der Waals surface area (Å²) in [4.78, 5) is 24.9. The van der Waals surface area contributed by atoms with Crippen LogP contribution >= 0.6 is 11.3 Å². The predicted molar refractivity (Wildman–Crippen MR) is 84.4 cm³/mol. The van der Waals surface area contributed by atoms with Gasteiger partial charge in [0.2, 0.25) is 0 Å². The van der Waals surface area contributed by atoms with Gasteiger partial charge in [-0.05, 0) is 18.4 Å². The highest BCUT2D eigenvalue weighted by Gasteiger charge is 2.14. The molecular weight excluding hydrogens is 318 g/mol. The summed E-state index contributed by atoms with van der Waals surface area (Å²) in [6.45, 7) is 2.26. The smallest absolute Gasteiger partial charge is 0.346 e. The van der Waals surface area contributed by atoms with Gasteiger partial charge >= 0.3 is 5.69 Å². The third-order valence-corrected chi connectivity index (χ3v) is 4.12. The Labute approximate surface area is 135 Å². The molecular formula is C14H15N5O3S. The maximum absolute atomic E-state index is 12.2. The van der Waals surface area contributed by atoms with Gasteiger partial charge in [-0.1, -0.05) is 11.2 Å². The molecule has 0 fully saturated rings. The summed E-state index contributed by atoms with van der Waals surface area (Å²) in [6, 6.07) is 5.37. The zero-order valence-electron chi connectivity index (χ0n) is 12.6. The fraction of sp³-hybridized carbons (Fsp3) is 0.286. The summed E-state index contributed by atoms with van der Waals surface area (Å²) >= 11 is 1.52. The van der Waals surface area contributed by atoms with Crippen LogP contribution < -0.4 is 11.0 Å². The molecule has 120 valence electrons. The molecule has 0 saturated carbocycles. The molecule has 3 heterocycles. The number of amides is 1. The van der Waals surface area contributed by atoms with E-state index in [2.05, 4.69) is 15.6 Å². The lowest BCUT2D eigenvalue weighted by molar-refractivity contribution is 0.0942. The minimum Gasteiger partial charge on any atom is -0.361 e. The summed E-state index contributed by atoms with van der Waals surface area (Å²) in [6.07, 6.45) is 0. The first-order valence-corrected chi connectivity index (χ1v) is 7.83. The van der Waals surface area contributed by atoms with Crippen molar-refractivity contribution < 1.29 is 9.32 Å². The molecule has 0 bridgehead atoms. The molecule has 1 amide bonds. The molecule has 0 aliphatic rings. The SMILES string of the molecule is Cc1cc(C(=O)NCCn2nc(-c3cccs3)n(C)c2=O)no1. The molecule has 0 atom stereocenters. The second kappa shape index (κ2) is 6.21. The van der Waals surface area contributed by atoms with Crippen LogP contribution in [-0.4, -0.2) is 32.0 Å². The lowest BCUT2D eigenvalue weighted by atomic mass is 10.3. The van der Waals surface area contributed by atoms with Crippen molar-refractivity contribution in [1.82, 2.24) is 24.8 Å². The summed E-state index contributed by atoms with van der Waals surface area (Å²) < 4.78 is 7.68. The largest absolute Gasteiger partial charge is 0.361 e. The van der Waals surface area contributed by atoms with E-state index < -0.39 is 0 Å². The number of nitrogens with one attached hydrogen (secondary N) is 1. The van der Waals surface area contributed by atoms with Crippen LogP contribution in [0.5, 0.6) is 0 Å². The monoisotopic (exact) mass is 333 g/mol. The van der Waals surface area contributed by atoms with Crippen LogP contribution in [0.3, 0.4) is 0 Å². The number of rotatable bonds is 5. The van der Waals surface area contributed by atoms with Crippen LogP contribution in [-0.2, 0) is 13.6 Å². The standard InChI is InChI=1S/C14H15N5O3S/c1-9-8-10(17-22-9)13(20)15-5-6-19-14(21)18(2)12(16-19)11-4-3-7-23-11/h3-4,7-8H,5-6H2,1-2H3,(H,15,20). The van der Waals surface area contributed by atoms with Gasteiger partial charge in [-0.3, -0.25) is 9.36 Å². The van der Waals surface area contributed by atoms with E-state index in [-0.39, 0.29) is 30.4 Å². The molecule has 1 N–H and O–H groups in total. The predicted octanol–water partition coefficient (Wildman–Crippen LogP) is 1.04. The third kappa shape index (κ3) is 3.09. The van der Waals surface area contributed by atoms with Crippen LogP contribution in [0.25, 0.3) is 10.7 Å². The highest BCUT2D eigenvalue weighted by molar-refractivity contribution is 7.13. The van der Waals surface area contributed by atoms with Gasteiger partial charge in [0.15, 0.2) is 11.5 Å². The van der Waals surface area contributed by atoms with Gasteiger partial charge in [0, 0.05) is 19.7 Å². The van der Waals surface area contributed by atoms with Gasteiger partial charge in [-0.15, -0.1) is 16.4 Å². The Hall–Kier alpha value is -2.68. The van der Waals surface area contributed by atoms with E-state index in [0.29, 0.717) is 11.6 Å². The highest BCUT2D eigenvalue weighted by atomic mass is 32.1. The number of carbonyl (C=O) groups is 1. The zero-order valence-corrected chi connectivity index (χ0v) is 13.5. The summed E-state index contributed by atoms with van der Waals surface area (Å²) in [5.41, 5.74) is -0.00456. The number of hydrogen-bond acceptors (Lipinski definition) is 6. The number of aromatic nitrogens is 4.